The van der Waals surface area contributed by atoms with Gasteiger partial charge < -0.3 is 11.1 Å². The number of halogens is 1. The van der Waals surface area contributed by atoms with Crippen molar-refractivity contribution >= 4 is 50.2 Å². The molecule has 144 valence electrons. The molecule has 0 atom stereocenters. The molecule has 0 aliphatic carbocycles. The fourth-order valence-electron chi connectivity index (χ4n) is 3.35. The van der Waals surface area contributed by atoms with Crippen molar-refractivity contribution in [3.8, 4) is 0 Å². The Morgan fingerprint density at radius 1 is 0.966 bits per heavy atom. The van der Waals surface area contributed by atoms with Gasteiger partial charge in [0.25, 0.3) is 11.8 Å². The first kappa shape index (κ1) is 19.0. The SMILES string of the molecule is Cc1cccc(NC(=O)c2c(N)n(C(=O)c3ccc(Br)cc3)c3ccccc23)c1. The van der Waals surface area contributed by atoms with Crippen molar-refractivity contribution in [3.63, 3.8) is 0 Å². The van der Waals surface area contributed by atoms with Gasteiger partial charge in [-0.2, -0.15) is 0 Å². The van der Waals surface area contributed by atoms with Gasteiger partial charge in [-0.1, -0.05) is 46.3 Å². The molecule has 0 saturated heterocycles. The summed E-state index contributed by atoms with van der Waals surface area (Å²) in [5.41, 5.74) is 9.40. The number of nitrogens with one attached hydrogen (secondary N) is 1. The zero-order chi connectivity index (χ0) is 20.5. The highest BCUT2D eigenvalue weighted by molar-refractivity contribution is 9.10. The van der Waals surface area contributed by atoms with Crippen molar-refractivity contribution in [1.29, 1.82) is 0 Å². The van der Waals surface area contributed by atoms with Crippen molar-refractivity contribution in [1.82, 2.24) is 4.57 Å². The molecule has 1 aromatic heterocycles. The van der Waals surface area contributed by atoms with E-state index in [-0.39, 0.29) is 23.2 Å². The van der Waals surface area contributed by atoms with Gasteiger partial charge in [-0.05, 0) is 55.0 Å². The van der Waals surface area contributed by atoms with E-state index < -0.39 is 0 Å². The molecule has 3 aromatic carbocycles. The first-order chi connectivity index (χ1) is 14.0. The van der Waals surface area contributed by atoms with Crippen LogP contribution in [-0.2, 0) is 0 Å². The average Bonchev–Trinajstić information content (AvgIpc) is 3.00. The number of carbonyl (C=O) groups is 2. The van der Waals surface area contributed by atoms with E-state index in [1.54, 1.807) is 36.4 Å². The van der Waals surface area contributed by atoms with Crippen LogP contribution in [0.2, 0.25) is 0 Å². The largest absolute Gasteiger partial charge is 0.384 e. The van der Waals surface area contributed by atoms with Crippen LogP contribution >= 0.6 is 15.9 Å². The number of carbonyl (C=O) groups excluding carboxylic acids is 2. The number of hydrogen-bond acceptors (Lipinski definition) is 3. The minimum absolute atomic E-state index is 0.115. The third kappa shape index (κ3) is 3.54. The summed E-state index contributed by atoms with van der Waals surface area (Å²) in [5, 5.41) is 3.51. The van der Waals surface area contributed by atoms with Crippen molar-refractivity contribution in [2.75, 3.05) is 11.1 Å². The van der Waals surface area contributed by atoms with E-state index in [1.807, 2.05) is 43.3 Å². The van der Waals surface area contributed by atoms with Crippen LogP contribution in [0.3, 0.4) is 0 Å². The number of para-hydroxylation sites is 1. The molecule has 4 rings (SSSR count). The van der Waals surface area contributed by atoms with Gasteiger partial charge in [0, 0.05) is 21.1 Å². The van der Waals surface area contributed by atoms with Crippen LogP contribution in [0, 0.1) is 6.92 Å². The zero-order valence-electron chi connectivity index (χ0n) is 15.6. The van der Waals surface area contributed by atoms with Crippen LogP contribution in [-0.4, -0.2) is 16.4 Å². The summed E-state index contributed by atoms with van der Waals surface area (Å²) in [5.74, 6) is -0.531. The first-order valence-corrected chi connectivity index (χ1v) is 9.82. The lowest BCUT2D eigenvalue weighted by atomic mass is 10.1. The smallest absolute Gasteiger partial charge is 0.263 e. The molecule has 6 heteroatoms. The molecule has 0 aliphatic heterocycles. The standard InChI is InChI=1S/C23H18BrN3O2/c1-14-5-4-6-17(13-14)26-22(28)20-18-7-2-3-8-19(18)27(21(20)25)23(29)15-9-11-16(24)12-10-15/h2-13H,25H2,1H3,(H,26,28). The number of nitrogens with zero attached hydrogens (tertiary/aromatic N) is 1. The predicted octanol–water partition coefficient (Wildman–Crippen LogP) is 5.24. The number of hydrogen-bond donors (Lipinski definition) is 2. The molecule has 3 N–H and O–H groups in total. The molecule has 0 radical (unpaired) electrons. The van der Waals surface area contributed by atoms with Gasteiger partial charge in [0.1, 0.15) is 5.82 Å². The van der Waals surface area contributed by atoms with E-state index in [2.05, 4.69) is 21.2 Å². The molecule has 0 bridgehead atoms. The van der Waals surface area contributed by atoms with Crippen molar-refractivity contribution in [3.05, 3.63) is 94.0 Å². The second kappa shape index (κ2) is 7.56. The lowest BCUT2D eigenvalue weighted by Gasteiger charge is -2.08. The fraction of sp³-hybridized carbons (Fsp3) is 0.0435. The minimum Gasteiger partial charge on any atom is -0.384 e. The summed E-state index contributed by atoms with van der Waals surface area (Å²) in [7, 11) is 0. The van der Waals surface area contributed by atoms with Gasteiger partial charge in [0.2, 0.25) is 0 Å². The monoisotopic (exact) mass is 447 g/mol. The number of aromatic nitrogens is 1. The van der Waals surface area contributed by atoms with Gasteiger partial charge in [-0.25, -0.2) is 0 Å². The van der Waals surface area contributed by atoms with E-state index in [1.165, 1.54) is 4.57 Å². The number of benzene rings is 3. The Balaban J connectivity index is 1.81. The maximum Gasteiger partial charge on any atom is 0.263 e. The van der Waals surface area contributed by atoms with Crippen LogP contribution in [0.5, 0.6) is 0 Å². The van der Waals surface area contributed by atoms with Crippen molar-refractivity contribution in [2.45, 2.75) is 6.92 Å². The van der Waals surface area contributed by atoms with E-state index >= 15 is 0 Å². The van der Waals surface area contributed by atoms with Gasteiger partial charge >= 0.3 is 0 Å². The topological polar surface area (TPSA) is 77.1 Å². The highest BCUT2D eigenvalue weighted by Crippen LogP contribution is 2.30. The molecule has 5 nitrogen and oxygen atoms in total. The predicted molar refractivity (Wildman–Crippen MR) is 119 cm³/mol. The highest BCUT2D eigenvalue weighted by Gasteiger charge is 2.24. The minimum atomic E-state index is -0.355. The Bertz CT molecular complexity index is 1240. The molecule has 4 aromatic rings. The van der Waals surface area contributed by atoms with Crippen molar-refractivity contribution < 1.29 is 9.59 Å². The molecule has 1 heterocycles. The Kier molecular flexibility index (Phi) is 4.94. The number of fused-ring (bicyclic) bond motifs is 1. The lowest BCUT2D eigenvalue weighted by molar-refractivity contribution is 0.0967. The van der Waals surface area contributed by atoms with Gasteiger partial charge in [-0.15, -0.1) is 0 Å². The number of rotatable bonds is 3. The van der Waals surface area contributed by atoms with Crippen LogP contribution in [0.4, 0.5) is 11.5 Å². The summed E-state index contributed by atoms with van der Waals surface area (Å²) in [6.45, 7) is 1.95. The summed E-state index contributed by atoms with van der Waals surface area (Å²) in [6.07, 6.45) is 0. The highest BCUT2D eigenvalue weighted by atomic mass is 79.9. The second-order valence-electron chi connectivity index (χ2n) is 6.75. The summed E-state index contributed by atoms with van der Waals surface area (Å²) < 4.78 is 2.27. The van der Waals surface area contributed by atoms with Crippen LogP contribution in [0.1, 0.15) is 26.3 Å². The summed E-state index contributed by atoms with van der Waals surface area (Å²) in [6, 6.07) is 21.7. The van der Waals surface area contributed by atoms with Crippen LogP contribution in [0.15, 0.2) is 77.3 Å². The second-order valence-corrected chi connectivity index (χ2v) is 7.66. The Morgan fingerprint density at radius 2 is 1.69 bits per heavy atom. The summed E-state index contributed by atoms with van der Waals surface area (Å²) in [4.78, 5) is 26.2. The maximum absolute atomic E-state index is 13.2. The van der Waals surface area contributed by atoms with Crippen LogP contribution < -0.4 is 11.1 Å². The fourth-order valence-corrected chi connectivity index (χ4v) is 3.62. The van der Waals surface area contributed by atoms with E-state index in [0.717, 1.165) is 10.0 Å². The molecule has 0 fully saturated rings. The quantitative estimate of drug-likeness (QED) is 0.450. The molecule has 0 saturated carbocycles. The third-order valence-electron chi connectivity index (χ3n) is 4.71. The van der Waals surface area contributed by atoms with E-state index in [0.29, 0.717) is 22.2 Å². The Hall–Kier alpha value is -3.38. The number of nitrogen functional groups attached to an aromatic ring is 1. The van der Waals surface area contributed by atoms with Gasteiger partial charge in [0.15, 0.2) is 0 Å². The zero-order valence-corrected chi connectivity index (χ0v) is 17.2. The number of aryl methyl sites for hydroxylation is 1. The van der Waals surface area contributed by atoms with E-state index in [4.69, 9.17) is 5.73 Å². The normalized spacial score (nSPS) is 10.8. The average molecular weight is 448 g/mol. The number of nitrogens with two attached hydrogens (primary N) is 1. The molecule has 1 amide bonds. The Labute approximate surface area is 176 Å². The van der Waals surface area contributed by atoms with Gasteiger partial charge in [0.05, 0.1) is 11.1 Å². The maximum atomic E-state index is 13.2. The molecule has 29 heavy (non-hydrogen) atoms. The Morgan fingerprint density at radius 3 is 2.41 bits per heavy atom. The van der Waals surface area contributed by atoms with Crippen molar-refractivity contribution in [2.24, 2.45) is 0 Å². The lowest BCUT2D eigenvalue weighted by Crippen LogP contribution is -2.18. The third-order valence-corrected chi connectivity index (χ3v) is 5.24. The van der Waals surface area contributed by atoms with E-state index in [9.17, 15) is 9.59 Å². The van der Waals surface area contributed by atoms with Crippen LogP contribution in [0.25, 0.3) is 10.9 Å². The molecule has 0 aliphatic rings. The number of anilines is 2. The summed E-state index contributed by atoms with van der Waals surface area (Å²) >= 11 is 3.37. The first-order valence-electron chi connectivity index (χ1n) is 9.03. The van der Waals surface area contributed by atoms with Gasteiger partial charge in [-0.3, -0.25) is 14.2 Å². The molecular weight excluding hydrogens is 430 g/mol. The molecule has 0 unspecified atom stereocenters. The molecular formula is C23H18BrN3O2. The number of amides is 1. The molecule has 0 spiro atoms.